The Bertz CT molecular complexity index is 718. The van der Waals surface area contributed by atoms with E-state index in [4.69, 9.17) is 27.9 Å². The molecule has 126 valence electrons. The molecule has 0 bridgehead atoms. The van der Waals surface area contributed by atoms with Crippen molar-refractivity contribution in [3.8, 4) is 5.75 Å². The van der Waals surface area contributed by atoms with Crippen LogP contribution in [0.25, 0.3) is 0 Å². The van der Waals surface area contributed by atoms with Gasteiger partial charge in [-0.15, -0.1) is 0 Å². The molecule has 0 spiro atoms. The molecule has 4 nitrogen and oxygen atoms in total. The Balaban J connectivity index is 1.86. The van der Waals surface area contributed by atoms with Crippen molar-refractivity contribution in [2.24, 2.45) is 5.10 Å². The quantitative estimate of drug-likeness (QED) is 0.580. The second-order valence-corrected chi connectivity index (χ2v) is 5.94. The number of nitrogens with zero attached hydrogens (tertiary/aromatic N) is 1. The third kappa shape index (κ3) is 5.87. The number of hydrogen-bond acceptors (Lipinski definition) is 3. The van der Waals surface area contributed by atoms with Gasteiger partial charge in [0.05, 0.1) is 5.02 Å². The van der Waals surface area contributed by atoms with Gasteiger partial charge in [-0.1, -0.05) is 60.5 Å². The van der Waals surface area contributed by atoms with Crippen LogP contribution in [0.1, 0.15) is 18.9 Å². The zero-order valence-electron chi connectivity index (χ0n) is 13.3. The summed E-state index contributed by atoms with van der Waals surface area (Å²) in [4.78, 5) is 11.9. The first-order chi connectivity index (χ1) is 11.6. The molecule has 2 aromatic carbocycles. The van der Waals surface area contributed by atoms with Crippen LogP contribution in [0, 0.1) is 0 Å². The van der Waals surface area contributed by atoms with Crippen LogP contribution in [0.5, 0.6) is 5.75 Å². The second-order valence-electron chi connectivity index (χ2n) is 5.09. The average Bonchev–Trinajstić information content (AvgIpc) is 2.58. The third-order valence-electron chi connectivity index (χ3n) is 3.25. The molecule has 1 amide bonds. The number of hydrogen-bond donors (Lipinski definition) is 1. The van der Waals surface area contributed by atoms with Gasteiger partial charge in [-0.05, 0) is 30.2 Å². The molecule has 0 heterocycles. The van der Waals surface area contributed by atoms with Gasteiger partial charge >= 0.3 is 0 Å². The number of ether oxygens (including phenoxy) is 1. The predicted molar refractivity (Wildman–Crippen MR) is 98.0 cm³/mol. The Morgan fingerprint density at radius 3 is 2.58 bits per heavy atom. The summed E-state index contributed by atoms with van der Waals surface area (Å²) in [5.41, 5.74) is 4.55. The number of halogens is 2. The second kappa shape index (κ2) is 9.30. The van der Waals surface area contributed by atoms with Gasteiger partial charge in [0, 0.05) is 17.2 Å². The van der Waals surface area contributed by atoms with E-state index >= 15 is 0 Å². The molecule has 0 aromatic heterocycles. The summed E-state index contributed by atoms with van der Waals surface area (Å²) in [6, 6.07) is 14.8. The van der Waals surface area contributed by atoms with Crippen LogP contribution in [-0.4, -0.2) is 18.2 Å². The van der Waals surface area contributed by atoms with Crippen LogP contribution in [0.15, 0.2) is 53.6 Å². The molecular formula is C18H18Cl2N2O2. The van der Waals surface area contributed by atoms with Crippen molar-refractivity contribution in [2.75, 3.05) is 6.61 Å². The minimum atomic E-state index is -0.347. The number of rotatable bonds is 7. The molecule has 0 saturated carbocycles. The zero-order chi connectivity index (χ0) is 17.4. The van der Waals surface area contributed by atoms with Crippen LogP contribution >= 0.6 is 23.2 Å². The molecule has 0 aliphatic carbocycles. The molecule has 0 fully saturated rings. The lowest BCUT2D eigenvalue weighted by atomic mass is 10.1. The number of carbonyl (C=O) groups is 1. The Morgan fingerprint density at radius 1 is 1.17 bits per heavy atom. The maximum absolute atomic E-state index is 11.9. The highest BCUT2D eigenvalue weighted by Crippen LogP contribution is 2.27. The van der Waals surface area contributed by atoms with Crippen molar-refractivity contribution in [2.45, 2.75) is 19.8 Å². The Kier molecular flexibility index (Phi) is 7.09. The van der Waals surface area contributed by atoms with Crippen LogP contribution in [0.2, 0.25) is 10.0 Å². The highest BCUT2D eigenvalue weighted by molar-refractivity contribution is 6.35. The topological polar surface area (TPSA) is 50.7 Å². The van der Waals surface area contributed by atoms with Gasteiger partial charge in [0.25, 0.3) is 5.91 Å². The van der Waals surface area contributed by atoms with Crippen molar-refractivity contribution in [1.82, 2.24) is 5.43 Å². The molecule has 6 heteroatoms. The molecular weight excluding hydrogens is 347 g/mol. The highest BCUT2D eigenvalue weighted by atomic mass is 35.5. The fourth-order valence-corrected chi connectivity index (χ4v) is 2.45. The molecule has 0 aliphatic rings. The first-order valence-electron chi connectivity index (χ1n) is 7.54. The maximum atomic E-state index is 11.9. The van der Waals surface area contributed by atoms with Crippen LogP contribution in [0.4, 0.5) is 0 Å². The molecule has 2 rings (SSSR count). The predicted octanol–water partition coefficient (Wildman–Crippen LogP) is 4.50. The SMILES string of the molecule is CC/C(Cc1ccccc1)=N/NC(=O)COc1ccc(Cl)cc1Cl. The van der Waals surface area contributed by atoms with Crippen molar-refractivity contribution in [3.63, 3.8) is 0 Å². The zero-order valence-corrected chi connectivity index (χ0v) is 14.8. The van der Waals surface area contributed by atoms with E-state index in [0.29, 0.717) is 22.2 Å². The first-order valence-corrected chi connectivity index (χ1v) is 8.30. The van der Waals surface area contributed by atoms with E-state index in [1.165, 1.54) is 0 Å². The van der Waals surface area contributed by atoms with E-state index in [1.807, 2.05) is 37.3 Å². The van der Waals surface area contributed by atoms with Crippen LogP contribution in [-0.2, 0) is 11.2 Å². The lowest BCUT2D eigenvalue weighted by molar-refractivity contribution is -0.123. The number of amides is 1. The fraction of sp³-hybridized carbons (Fsp3) is 0.222. The smallest absolute Gasteiger partial charge is 0.277 e. The van der Waals surface area contributed by atoms with Gasteiger partial charge in [-0.25, -0.2) is 5.43 Å². The Morgan fingerprint density at radius 2 is 1.92 bits per heavy atom. The molecule has 0 radical (unpaired) electrons. The van der Waals surface area contributed by atoms with Crippen molar-refractivity contribution >= 4 is 34.8 Å². The highest BCUT2D eigenvalue weighted by Gasteiger charge is 2.07. The van der Waals surface area contributed by atoms with Gasteiger partial charge < -0.3 is 4.74 Å². The molecule has 24 heavy (non-hydrogen) atoms. The van der Waals surface area contributed by atoms with Crippen molar-refractivity contribution < 1.29 is 9.53 Å². The lowest BCUT2D eigenvalue weighted by Crippen LogP contribution is -2.26. The summed E-state index contributed by atoms with van der Waals surface area (Å²) in [6.45, 7) is 1.82. The fourth-order valence-electron chi connectivity index (χ4n) is 1.98. The maximum Gasteiger partial charge on any atom is 0.277 e. The molecule has 0 atom stereocenters. The van der Waals surface area contributed by atoms with E-state index in [1.54, 1.807) is 18.2 Å². The molecule has 2 aromatic rings. The monoisotopic (exact) mass is 364 g/mol. The van der Waals surface area contributed by atoms with Gasteiger partial charge in [-0.3, -0.25) is 4.79 Å². The number of benzene rings is 2. The summed E-state index contributed by atoms with van der Waals surface area (Å²) >= 11 is 11.8. The molecule has 0 unspecified atom stereocenters. The van der Waals surface area contributed by atoms with E-state index in [-0.39, 0.29) is 12.5 Å². The van der Waals surface area contributed by atoms with E-state index < -0.39 is 0 Å². The molecule has 1 N–H and O–H groups in total. The lowest BCUT2D eigenvalue weighted by Gasteiger charge is -2.08. The van der Waals surface area contributed by atoms with Crippen molar-refractivity contribution in [3.05, 3.63) is 64.1 Å². The summed E-state index contributed by atoms with van der Waals surface area (Å²) in [5, 5.41) is 5.04. The number of nitrogens with one attached hydrogen (secondary N) is 1. The minimum Gasteiger partial charge on any atom is -0.482 e. The van der Waals surface area contributed by atoms with Crippen LogP contribution < -0.4 is 10.2 Å². The van der Waals surface area contributed by atoms with Crippen LogP contribution in [0.3, 0.4) is 0 Å². The van der Waals surface area contributed by atoms with E-state index in [2.05, 4.69) is 10.5 Å². The van der Waals surface area contributed by atoms with E-state index in [0.717, 1.165) is 17.7 Å². The molecule has 0 aliphatic heterocycles. The van der Waals surface area contributed by atoms with Gasteiger partial charge in [0.1, 0.15) is 5.75 Å². The standard InChI is InChI=1S/C18H18Cl2N2O2/c1-2-15(10-13-6-4-3-5-7-13)21-22-18(23)12-24-17-9-8-14(19)11-16(17)20/h3-9,11H,2,10,12H2,1H3,(H,22,23)/b21-15-. The normalized spacial score (nSPS) is 11.2. The minimum absolute atomic E-state index is 0.173. The summed E-state index contributed by atoms with van der Waals surface area (Å²) in [7, 11) is 0. The van der Waals surface area contributed by atoms with E-state index in [9.17, 15) is 4.79 Å². The van der Waals surface area contributed by atoms with Gasteiger partial charge in [0.15, 0.2) is 6.61 Å². The van der Waals surface area contributed by atoms with Gasteiger partial charge in [0.2, 0.25) is 0 Å². The molecule has 0 saturated heterocycles. The summed E-state index contributed by atoms with van der Waals surface area (Å²) < 4.78 is 5.37. The number of hydrazone groups is 1. The van der Waals surface area contributed by atoms with Crippen molar-refractivity contribution in [1.29, 1.82) is 0 Å². The largest absolute Gasteiger partial charge is 0.482 e. The summed E-state index contributed by atoms with van der Waals surface area (Å²) in [6.07, 6.45) is 1.44. The average molecular weight is 365 g/mol. The summed E-state index contributed by atoms with van der Waals surface area (Å²) in [5.74, 6) is 0.0558. The third-order valence-corrected chi connectivity index (χ3v) is 3.78. The number of carbonyl (C=O) groups excluding carboxylic acids is 1. The first kappa shape index (κ1) is 18.3. The Labute approximate surface area is 151 Å². The Hall–Kier alpha value is -2.04. The van der Waals surface area contributed by atoms with Gasteiger partial charge in [-0.2, -0.15) is 5.10 Å².